The maximum atomic E-state index is 14.5. The number of benzene rings is 3. The Kier molecular flexibility index (Phi) is 7.79. The van der Waals surface area contributed by atoms with Gasteiger partial charge in [-0.3, -0.25) is 0 Å². The second-order valence-corrected chi connectivity index (χ2v) is 8.27. The van der Waals surface area contributed by atoms with E-state index in [1.165, 1.54) is 0 Å². The summed E-state index contributed by atoms with van der Waals surface area (Å²) in [6.45, 7) is 2.74. The van der Waals surface area contributed by atoms with Crippen LogP contribution >= 0.6 is 0 Å². The Bertz CT molecular complexity index is 1140. The molecule has 2 atom stereocenters. The second-order valence-electron chi connectivity index (χ2n) is 8.27. The highest BCUT2D eigenvalue weighted by Gasteiger charge is 2.38. The summed E-state index contributed by atoms with van der Waals surface area (Å²) in [6, 6.07) is 8.36. The minimum absolute atomic E-state index is 0. The van der Waals surface area contributed by atoms with Gasteiger partial charge < -0.3 is 9.47 Å². The number of halogens is 7. The van der Waals surface area contributed by atoms with Gasteiger partial charge in [-0.1, -0.05) is 38.6 Å². The number of rotatable bonds is 5. The number of alkyl halides is 2. The van der Waals surface area contributed by atoms with Gasteiger partial charge in [0, 0.05) is 6.61 Å². The molecule has 1 heterocycles. The molecule has 1 aliphatic heterocycles. The molecule has 4 rings (SSSR count). The zero-order valence-corrected chi connectivity index (χ0v) is 17.9. The van der Waals surface area contributed by atoms with Crippen molar-refractivity contribution >= 4 is 0 Å². The standard InChI is InChI=1S/C25H19F7O2.CH4/c1-13-2-7-22(33-12-13)15-5-3-14(4-6-15)16-8-20(28)24(21(29)9-16)34-25(31,32)17-10-18(26)23(30)19(27)11-17;/h3-6,8-11,13,22H,2,7,12H2,1H3;1H4. The lowest BCUT2D eigenvalue weighted by molar-refractivity contribution is -0.188. The first kappa shape index (κ1) is 26.5. The molecule has 35 heavy (non-hydrogen) atoms. The van der Waals surface area contributed by atoms with Crippen LogP contribution in [-0.4, -0.2) is 6.61 Å². The van der Waals surface area contributed by atoms with E-state index >= 15 is 0 Å². The van der Waals surface area contributed by atoms with Crippen molar-refractivity contribution in [2.75, 3.05) is 6.61 Å². The van der Waals surface area contributed by atoms with E-state index in [2.05, 4.69) is 11.7 Å². The topological polar surface area (TPSA) is 18.5 Å². The van der Waals surface area contributed by atoms with Gasteiger partial charge in [0.2, 0.25) is 0 Å². The number of hydrogen-bond acceptors (Lipinski definition) is 2. The van der Waals surface area contributed by atoms with E-state index in [9.17, 15) is 30.7 Å². The average Bonchev–Trinajstić information content (AvgIpc) is 2.80. The summed E-state index contributed by atoms with van der Waals surface area (Å²) in [5.74, 6) is -9.62. The van der Waals surface area contributed by atoms with Gasteiger partial charge in [-0.25, -0.2) is 22.0 Å². The normalized spacial score (nSPS) is 18.2. The quantitative estimate of drug-likeness (QED) is 0.259. The molecule has 9 heteroatoms. The van der Waals surface area contributed by atoms with Crippen molar-refractivity contribution in [3.05, 3.63) is 88.7 Å². The highest BCUT2D eigenvalue weighted by atomic mass is 19.3. The van der Waals surface area contributed by atoms with Gasteiger partial charge in [0.15, 0.2) is 34.8 Å². The van der Waals surface area contributed by atoms with E-state index in [-0.39, 0.29) is 31.2 Å². The summed E-state index contributed by atoms with van der Waals surface area (Å²) >= 11 is 0. The molecule has 0 spiro atoms. The van der Waals surface area contributed by atoms with Gasteiger partial charge in [-0.15, -0.1) is 0 Å². The van der Waals surface area contributed by atoms with Crippen molar-refractivity contribution in [2.24, 2.45) is 5.92 Å². The monoisotopic (exact) mass is 500 g/mol. The van der Waals surface area contributed by atoms with Crippen molar-refractivity contribution in [1.29, 1.82) is 0 Å². The van der Waals surface area contributed by atoms with E-state index in [1.807, 2.05) is 0 Å². The zero-order valence-electron chi connectivity index (χ0n) is 17.9. The van der Waals surface area contributed by atoms with Crippen molar-refractivity contribution in [2.45, 2.75) is 39.4 Å². The van der Waals surface area contributed by atoms with Crippen LogP contribution in [0.1, 0.15) is 44.4 Å². The highest BCUT2D eigenvalue weighted by Crippen LogP contribution is 2.38. The summed E-state index contributed by atoms with van der Waals surface area (Å²) in [6.07, 6.45) is -2.74. The first-order valence-electron chi connectivity index (χ1n) is 10.5. The van der Waals surface area contributed by atoms with Crippen LogP contribution in [0.2, 0.25) is 0 Å². The Morgan fingerprint density at radius 2 is 1.37 bits per heavy atom. The highest BCUT2D eigenvalue weighted by molar-refractivity contribution is 5.65. The molecule has 1 aliphatic rings. The van der Waals surface area contributed by atoms with Crippen LogP contribution in [0.25, 0.3) is 11.1 Å². The summed E-state index contributed by atoms with van der Waals surface area (Å²) in [4.78, 5) is 0. The van der Waals surface area contributed by atoms with E-state index in [1.54, 1.807) is 24.3 Å². The smallest absolute Gasteiger partial charge is 0.423 e. The zero-order chi connectivity index (χ0) is 24.6. The Morgan fingerprint density at radius 3 is 1.89 bits per heavy atom. The van der Waals surface area contributed by atoms with Crippen LogP contribution < -0.4 is 4.74 Å². The molecule has 0 saturated carbocycles. The van der Waals surface area contributed by atoms with Crippen LogP contribution in [0.15, 0.2) is 48.5 Å². The summed E-state index contributed by atoms with van der Waals surface area (Å²) in [5, 5.41) is 0. The summed E-state index contributed by atoms with van der Waals surface area (Å²) in [7, 11) is 0. The van der Waals surface area contributed by atoms with Crippen LogP contribution in [0.4, 0.5) is 30.7 Å². The van der Waals surface area contributed by atoms with Crippen LogP contribution in [0.3, 0.4) is 0 Å². The van der Waals surface area contributed by atoms with Gasteiger partial charge in [0.25, 0.3) is 0 Å². The predicted molar refractivity (Wildman–Crippen MR) is 116 cm³/mol. The lowest BCUT2D eigenvalue weighted by Gasteiger charge is -2.27. The maximum Gasteiger partial charge on any atom is 0.427 e. The molecular formula is C26H23F7O2. The van der Waals surface area contributed by atoms with Crippen LogP contribution in [0, 0.1) is 35.0 Å². The fourth-order valence-corrected chi connectivity index (χ4v) is 3.77. The molecular weight excluding hydrogens is 477 g/mol. The fraction of sp³-hybridized carbons (Fsp3) is 0.308. The molecule has 0 aliphatic carbocycles. The number of ether oxygens (including phenoxy) is 2. The van der Waals surface area contributed by atoms with E-state index in [0.717, 1.165) is 30.5 Å². The molecule has 2 unspecified atom stereocenters. The van der Waals surface area contributed by atoms with Gasteiger partial charge >= 0.3 is 6.11 Å². The first-order valence-corrected chi connectivity index (χ1v) is 10.5. The minimum Gasteiger partial charge on any atom is -0.423 e. The molecule has 2 nitrogen and oxygen atoms in total. The number of hydrogen-bond donors (Lipinski definition) is 0. The van der Waals surface area contributed by atoms with E-state index in [4.69, 9.17) is 4.74 Å². The van der Waals surface area contributed by atoms with Crippen molar-refractivity contribution in [3.8, 4) is 16.9 Å². The van der Waals surface area contributed by atoms with Crippen molar-refractivity contribution in [3.63, 3.8) is 0 Å². The van der Waals surface area contributed by atoms with E-state index in [0.29, 0.717) is 18.1 Å². The Balaban J connectivity index is 0.00000342. The minimum atomic E-state index is -4.54. The lowest BCUT2D eigenvalue weighted by Crippen LogP contribution is -2.24. The van der Waals surface area contributed by atoms with Gasteiger partial charge in [0.05, 0.1) is 11.7 Å². The molecule has 0 amide bonds. The lowest BCUT2D eigenvalue weighted by atomic mass is 9.94. The van der Waals surface area contributed by atoms with Crippen LogP contribution in [0.5, 0.6) is 5.75 Å². The molecule has 3 aromatic carbocycles. The molecule has 1 fully saturated rings. The van der Waals surface area contributed by atoms with Gasteiger partial charge in [-0.05, 0) is 59.7 Å². The van der Waals surface area contributed by atoms with Crippen LogP contribution in [-0.2, 0) is 10.8 Å². The molecule has 0 aromatic heterocycles. The molecule has 0 radical (unpaired) electrons. The first-order chi connectivity index (χ1) is 16.0. The van der Waals surface area contributed by atoms with Gasteiger partial charge in [0.1, 0.15) is 0 Å². The Labute approximate surface area is 198 Å². The maximum absolute atomic E-state index is 14.5. The molecule has 0 bridgehead atoms. The second kappa shape index (κ2) is 10.3. The average molecular weight is 500 g/mol. The van der Waals surface area contributed by atoms with Gasteiger partial charge in [-0.2, -0.15) is 8.78 Å². The summed E-state index contributed by atoms with van der Waals surface area (Å²) < 4.78 is 107. The Morgan fingerprint density at radius 1 is 0.800 bits per heavy atom. The van der Waals surface area contributed by atoms with E-state index < -0.39 is 46.5 Å². The molecule has 1 saturated heterocycles. The third kappa shape index (κ3) is 5.61. The third-order valence-corrected chi connectivity index (χ3v) is 5.67. The van der Waals surface area contributed by atoms with Crippen molar-refractivity contribution < 1.29 is 40.2 Å². The third-order valence-electron chi connectivity index (χ3n) is 5.67. The molecule has 188 valence electrons. The summed E-state index contributed by atoms with van der Waals surface area (Å²) in [5.41, 5.74) is -0.0439. The Hall–Kier alpha value is -3.07. The fourth-order valence-electron chi connectivity index (χ4n) is 3.77. The molecule has 0 N–H and O–H groups in total. The largest absolute Gasteiger partial charge is 0.427 e. The molecule has 3 aromatic rings. The van der Waals surface area contributed by atoms with Crippen molar-refractivity contribution in [1.82, 2.24) is 0 Å². The predicted octanol–water partition coefficient (Wildman–Crippen LogP) is 8.30. The SMILES string of the molecule is C.CC1CCC(c2ccc(-c3cc(F)c(OC(F)(F)c4cc(F)c(F)c(F)c4)c(F)c3)cc2)OC1.